The fourth-order valence-corrected chi connectivity index (χ4v) is 0.924. The van der Waals surface area contributed by atoms with Gasteiger partial charge in [-0.3, -0.25) is 4.79 Å². The Hall–Kier alpha value is -0.690. The lowest BCUT2D eigenvalue weighted by molar-refractivity contribution is -0.136. The number of carbonyl (C=O) groups is 1. The molecule has 96 valence electrons. The second kappa shape index (κ2) is 12.4. The van der Waals surface area contributed by atoms with Crippen LogP contribution in [0.15, 0.2) is 0 Å². The van der Waals surface area contributed by atoms with Crippen molar-refractivity contribution in [2.24, 2.45) is 0 Å². The SMILES string of the molecule is CCOCCOCCOCCNCC(=O)O. The van der Waals surface area contributed by atoms with Gasteiger partial charge in [0, 0.05) is 13.2 Å². The lowest BCUT2D eigenvalue weighted by Crippen LogP contribution is -2.26. The number of carboxylic acids is 1. The van der Waals surface area contributed by atoms with Crippen molar-refractivity contribution in [1.82, 2.24) is 5.32 Å². The molecule has 16 heavy (non-hydrogen) atoms. The van der Waals surface area contributed by atoms with Crippen LogP contribution >= 0.6 is 0 Å². The van der Waals surface area contributed by atoms with Gasteiger partial charge in [-0.25, -0.2) is 0 Å². The molecule has 6 nitrogen and oxygen atoms in total. The Labute approximate surface area is 95.9 Å². The molecule has 0 aliphatic carbocycles. The molecule has 0 saturated heterocycles. The van der Waals surface area contributed by atoms with E-state index in [0.29, 0.717) is 46.2 Å². The molecule has 0 radical (unpaired) electrons. The number of hydrogen-bond donors (Lipinski definition) is 2. The number of nitrogens with one attached hydrogen (secondary N) is 1. The highest BCUT2D eigenvalue weighted by Gasteiger charge is 1.94. The van der Waals surface area contributed by atoms with Crippen LogP contribution in [-0.4, -0.2) is 63.8 Å². The summed E-state index contributed by atoms with van der Waals surface area (Å²) in [6, 6.07) is 0. The molecule has 0 heterocycles. The van der Waals surface area contributed by atoms with Gasteiger partial charge >= 0.3 is 5.97 Å². The minimum atomic E-state index is -0.862. The minimum absolute atomic E-state index is 0.0335. The smallest absolute Gasteiger partial charge is 0.317 e. The highest BCUT2D eigenvalue weighted by Crippen LogP contribution is 1.80. The summed E-state index contributed by atoms with van der Waals surface area (Å²) in [6.45, 7) is 5.86. The predicted molar refractivity (Wildman–Crippen MR) is 58.6 cm³/mol. The molecule has 6 heteroatoms. The van der Waals surface area contributed by atoms with Crippen LogP contribution in [-0.2, 0) is 19.0 Å². The summed E-state index contributed by atoms with van der Waals surface area (Å²) in [7, 11) is 0. The average molecular weight is 235 g/mol. The largest absolute Gasteiger partial charge is 0.480 e. The number of rotatable bonds is 12. The lowest BCUT2D eigenvalue weighted by atomic mass is 10.6. The molecule has 0 unspecified atom stereocenters. The zero-order chi connectivity index (χ0) is 12.1. The first-order valence-corrected chi connectivity index (χ1v) is 5.43. The predicted octanol–water partition coefficient (Wildman–Crippen LogP) is -0.270. The Balaban J connectivity index is 2.90. The fraction of sp³-hybridized carbons (Fsp3) is 0.900. The van der Waals surface area contributed by atoms with Crippen molar-refractivity contribution in [2.45, 2.75) is 6.92 Å². The topological polar surface area (TPSA) is 77.0 Å². The van der Waals surface area contributed by atoms with E-state index in [4.69, 9.17) is 19.3 Å². The van der Waals surface area contributed by atoms with Gasteiger partial charge in [-0.1, -0.05) is 0 Å². The van der Waals surface area contributed by atoms with Gasteiger partial charge in [0.25, 0.3) is 0 Å². The van der Waals surface area contributed by atoms with E-state index < -0.39 is 5.97 Å². The van der Waals surface area contributed by atoms with Gasteiger partial charge in [0.05, 0.1) is 39.6 Å². The van der Waals surface area contributed by atoms with Crippen molar-refractivity contribution in [3.8, 4) is 0 Å². The van der Waals surface area contributed by atoms with Crippen LogP contribution in [0, 0.1) is 0 Å². The zero-order valence-electron chi connectivity index (χ0n) is 9.74. The summed E-state index contributed by atoms with van der Waals surface area (Å²) in [5.41, 5.74) is 0. The number of hydrogen-bond acceptors (Lipinski definition) is 5. The van der Waals surface area contributed by atoms with Crippen LogP contribution in [0.1, 0.15) is 6.92 Å². The molecule has 0 fully saturated rings. The van der Waals surface area contributed by atoms with Crippen LogP contribution < -0.4 is 5.32 Å². The highest BCUT2D eigenvalue weighted by molar-refractivity contribution is 5.68. The van der Waals surface area contributed by atoms with E-state index in [9.17, 15) is 4.79 Å². The van der Waals surface area contributed by atoms with Gasteiger partial charge in [0.2, 0.25) is 0 Å². The monoisotopic (exact) mass is 235 g/mol. The molecular formula is C10H21NO5. The first kappa shape index (κ1) is 15.3. The Morgan fingerprint density at radius 2 is 1.62 bits per heavy atom. The number of aliphatic carboxylic acids is 1. The van der Waals surface area contributed by atoms with Crippen LogP contribution in [0.2, 0.25) is 0 Å². The summed E-state index contributed by atoms with van der Waals surface area (Å²) < 4.78 is 15.5. The van der Waals surface area contributed by atoms with E-state index in [1.165, 1.54) is 0 Å². The molecule has 0 aliphatic rings. The molecule has 0 amide bonds. The maximum atomic E-state index is 10.1. The van der Waals surface area contributed by atoms with E-state index in [-0.39, 0.29) is 6.54 Å². The van der Waals surface area contributed by atoms with E-state index in [1.54, 1.807) is 0 Å². The van der Waals surface area contributed by atoms with Crippen molar-refractivity contribution in [3.05, 3.63) is 0 Å². The number of carboxylic acid groups (broad SMARTS) is 1. The molecule has 0 aromatic carbocycles. The standard InChI is InChI=1S/C10H21NO5/c1-2-14-5-6-16-8-7-15-4-3-11-9-10(12)13/h11H,2-9H2,1H3,(H,12,13). The van der Waals surface area contributed by atoms with Crippen molar-refractivity contribution in [1.29, 1.82) is 0 Å². The third-order valence-electron chi connectivity index (χ3n) is 1.65. The maximum absolute atomic E-state index is 10.1. The van der Waals surface area contributed by atoms with Gasteiger partial charge in [0.1, 0.15) is 0 Å². The second-order valence-electron chi connectivity index (χ2n) is 2.99. The normalized spacial score (nSPS) is 10.6. The summed E-state index contributed by atoms with van der Waals surface area (Å²) >= 11 is 0. The first-order chi connectivity index (χ1) is 7.77. The van der Waals surface area contributed by atoms with Crippen molar-refractivity contribution in [3.63, 3.8) is 0 Å². The molecule has 0 spiro atoms. The summed E-state index contributed by atoms with van der Waals surface area (Å²) in [5.74, 6) is -0.862. The van der Waals surface area contributed by atoms with E-state index in [2.05, 4.69) is 5.32 Å². The van der Waals surface area contributed by atoms with Gasteiger partial charge in [-0.05, 0) is 6.92 Å². The Kier molecular flexibility index (Phi) is 11.8. The number of ether oxygens (including phenoxy) is 3. The average Bonchev–Trinajstić information content (AvgIpc) is 2.25. The minimum Gasteiger partial charge on any atom is -0.480 e. The van der Waals surface area contributed by atoms with Gasteiger partial charge in [-0.15, -0.1) is 0 Å². The Bertz CT molecular complexity index is 165. The van der Waals surface area contributed by atoms with Gasteiger partial charge in [0.15, 0.2) is 0 Å². The van der Waals surface area contributed by atoms with Crippen LogP contribution in [0.25, 0.3) is 0 Å². The van der Waals surface area contributed by atoms with E-state index in [1.807, 2.05) is 6.92 Å². The Morgan fingerprint density at radius 1 is 1.06 bits per heavy atom. The van der Waals surface area contributed by atoms with Crippen molar-refractivity contribution >= 4 is 5.97 Å². The summed E-state index contributed by atoms with van der Waals surface area (Å²) in [5, 5.41) is 11.0. The lowest BCUT2D eigenvalue weighted by Gasteiger charge is -2.06. The van der Waals surface area contributed by atoms with Crippen LogP contribution in [0.3, 0.4) is 0 Å². The second-order valence-corrected chi connectivity index (χ2v) is 2.99. The molecule has 0 bridgehead atoms. The quantitative estimate of drug-likeness (QED) is 0.453. The molecule has 2 N–H and O–H groups in total. The first-order valence-electron chi connectivity index (χ1n) is 5.43. The van der Waals surface area contributed by atoms with Crippen molar-refractivity contribution < 1.29 is 24.1 Å². The van der Waals surface area contributed by atoms with Crippen LogP contribution in [0.5, 0.6) is 0 Å². The van der Waals surface area contributed by atoms with E-state index in [0.717, 1.165) is 0 Å². The van der Waals surface area contributed by atoms with Gasteiger partial charge in [-0.2, -0.15) is 0 Å². The molecule has 0 aromatic rings. The molecule has 0 atom stereocenters. The fourth-order valence-electron chi connectivity index (χ4n) is 0.924. The highest BCUT2D eigenvalue weighted by atomic mass is 16.5. The van der Waals surface area contributed by atoms with E-state index >= 15 is 0 Å². The third kappa shape index (κ3) is 13.3. The molecular weight excluding hydrogens is 214 g/mol. The maximum Gasteiger partial charge on any atom is 0.317 e. The summed E-state index contributed by atoms with van der Waals surface area (Å²) in [4.78, 5) is 10.1. The Morgan fingerprint density at radius 3 is 2.19 bits per heavy atom. The zero-order valence-corrected chi connectivity index (χ0v) is 9.74. The van der Waals surface area contributed by atoms with Crippen molar-refractivity contribution in [2.75, 3.05) is 52.7 Å². The van der Waals surface area contributed by atoms with Crippen LogP contribution in [0.4, 0.5) is 0 Å². The summed E-state index contributed by atoms with van der Waals surface area (Å²) in [6.07, 6.45) is 0. The molecule has 0 rings (SSSR count). The van der Waals surface area contributed by atoms with Gasteiger partial charge < -0.3 is 24.6 Å². The third-order valence-corrected chi connectivity index (χ3v) is 1.65. The molecule has 0 aromatic heterocycles. The molecule has 0 aliphatic heterocycles. The molecule has 0 saturated carbocycles.